The first-order valence-electron chi connectivity index (χ1n) is 7.47. The molecule has 23 heavy (non-hydrogen) atoms. The van der Waals surface area contributed by atoms with Crippen LogP contribution in [0.4, 0.5) is 4.79 Å². The zero-order chi connectivity index (χ0) is 16.7. The molecule has 5 nitrogen and oxygen atoms in total. The smallest absolute Gasteiger partial charge is 0.321 e. The number of amides is 3. The minimum absolute atomic E-state index is 0.438. The molecule has 2 rings (SSSR count). The summed E-state index contributed by atoms with van der Waals surface area (Å²) in [4.78, 5) is 24.0. The van der Waals surface area contributed by atoms with Gasteiger partial charge in [0.2, 0.25) is 6.10 Å². The molecular formula is C18H20N2O3. The molecule has 1 atom stereocenters. The van der Waals surface area contributed by atoms with E-state index < -0.39 is 18.0 Å². The third-order valence-electron chi connectivity index (χ3n) is 3.16. The molecule has 2 aromatic carbocycles. The van der Waals surface area contributed by atoms with E-state index in [4.69, 9.17) is 4.74 Å². The van der Waals surface area contributed by atoms with Crippen LogP contribution < -0.4 is 15.4 Å². The highest BCUT2D eigenvalue weighted by Crippen LogP contribution is 2.23. The molecule has 0 radical (unpaired) electrons. The van der Waals surface area contributed by atoms with Crippen molar-refractivity contribution in [2.75, 3.05) is 6.54 Å². The molecule has 2 aromatic rings. The van der Waals surface area contributed by atoms with Crippen LogP contribution in [0, 0.1) is 6.92 Å². The fourth-order valence-electron chi connectivity index (χ4n) is 2.11. The second kappa shape index (κ2) is 7.98. The van der Waals surface area contributed by atoms with Crippen molar-refractivity contribution in [3.05, 3.63) is 65.7 Å². The number of hydrogen-bond acceptors (Lipinski definition) is 3. The first kappa shape index (κ1) is 16.5. The molecule has 0 aliphatic heterocycles. The molecule has 3 amide bonds. The molecule has 0 unspecified atom stereocenters. The van der Waals surface area contributed by atoms with E-state index in [9.17, 15) is 9.59 Å². The van der Waals surface area contributed by atoms with Crippen LogP contribution in [0.25, 0.3) is 0 Å². The SMILES string of the molecule is CCNC(=O)NC(=O)[C@H](Oc1cccc(C)c1)c1ccccc1. The Labute approximate surface area is 135 Å². The first-order valence-corrected chi connectivity index (χ1v) is 7.47. The van der Waals surface area contributed by atoms with Gasteiger partial charge in [-0.05, 0) is 31.5 Å². The summed E-state index contributed by atoms with van der Waals surface area (Å²) in [6, 6.07) is 16.0. The van der Waals surface area contributed by atoms with E-state index in [0.717, 1.165) is 5.56 Å². The molecule has 0 saturated heterocycles. The summed E-state index contributed by atoms with van der Waals surface area (Å²) in [5, 5.41) is 4.83. The Morgan fingerprint density at radius 1 is 1.09 bits per heavy atom. The fraction of sp³-hybridized carbons (Fsp3) is 0.222. The third kappa shape index (κ3) is 4.85. The van der Waals surface area contributed by atoms with Gasteiger partial charge in [0.25, 0.3) is 5.91 Å². The Kier molecular flexibility index (Phi) is 5.74. The third-order valence-corrected chi connectivity index (χ3v) is 3.16. The number of carbonyl (C=O) groups excluding carboxylic acids is 2. The molecule has 0 saturated carbocycles. The maximum absolute atomic E-state index is 12.4. The quantitative estimate of drug-likeness (QED) is 0.892. The van der Waals surface area contributed by atoms with Gasteiger partial charge in [0, 0.05) is 12.1 Å². The molecule has 0 aliphatic carbocycles. The maximum atomic E-state index is 12.4. The Morgan fingerprint density at radius 3 is 2.48 bits per heavy atom. The van der Waals surface area contributed by atoms with E-state index in [1.807, 2.05) is 43.3 Å². The van der Waals surface area contributed by atoms with Crippen molar-refractivity contribution in [1.82, 2.24) is 10.6 Å². The largest absolute Gasteiger partial charge is 0.476 e. The molecule has 120 valence electrons. The lowest BCUT2D eigenvalue weighted by molar-refractivity contribution is -0.127. The van der Waals surface area contributed by atoms with Crippen LogP contribution >= 0.6 is 0 Å². The van der Waals surface area contributed by atoms with Crippen molar-refractivity contribution < 1.29 is 14.3 Å². The first-order chi connectivity index (χ1) is 11.1. The maximum Gasteiger partial charge on any atom is 0.321 e. The minimum atomic E-state index is -0.902. The average molecular weight is 312 g/mol. The molecular weight excluding hydrogens is 292 g/mol. The number of rotatable bonds is 5. The summed E-state index contributed by atoms with van der Waals surface area (Å²) in [5.41, 5.74) is 1.70. The molecule has 0 bridgehead atoms. The predicted molar refractivity (Wildman–Crippen MR) is 88.2 cm³/mol. The molecule has 0 heterocycles. The van der Waals surface area contributed by atoms with E-state index in [-0.39, 0.29) is 0 Å². The van der Waals surface area contributed by atoms with Gasteiger partial charge in [-0.25, -0.2) is 4.79 Å². The van der Waals surface area contributed by atoms with Gasteiger partial charge in [-0.15, -0.1) is 0 Å². The van der Waals surface area contributed by atoms with Crippen molar-refractivity contribution in [2.24, 2.45) is 0 Å². The van der Waals surface area contributed by atoms with E-state index in [1.165, 1.54) is 0 Å². The van der Waals surface area contributed by atoms with E-state index in [0.29, 0.717) is 17.9 Å². The summed E-state index contributed by atoms with van der Waals surface area (Å²) in [6.45, 7) is 4.16. The Morgan fingerprint density at radius 2 is 1.83 bits per heavy atom. The number of ether oxygens (including phenoxy) is 1. The lowest BCUT2D eigenvalue weighted by Gasteiger charge is -2.19. The number of benzene rings is 2. The zero-order valence-electron chi connectivity index (χ0n) is 13.2. The monoisotopic (exact) mass is 312 g/mol. The second-order valence-corrected chi connectivity index (χ2v) is 5.07. The van der Waals surface area contributed by atoms with Gasteiger partial charge in [0.15, 0.2) is 0 Å². The topological polar surface area (TPSA) is 67.4 Å². The van der Waals surface area contributed by atoms with Gasteiger partial charge in [-0.2, -0.15) is 0 Å². The van der Waals surface area contributed by atoms with Crippen molar-refractivity contribution in [3.63, 3.8) is 0 Å². The Bertz CT molecular complexity index is 671. The van der Waals surface area contributed by atoms with E-state index >= 15 is 0 Å². The number of hydrogen-bond donors (Lipinski definition) is 2. The number of imide groups is 1. The van der Waals surface area contributed by atoms with Crippen LogP contribution in [0.3, 0.4) is 0 Å². The van der Waals surface area contributed by atoms with Crippen LogP contribution in [-0.4, -0.2) is 18.5 Å². The summed E-state index contributed by atoms with van der Waals surface area (Å²) >= 11 is 0. The van der Waals surface area contributed by atoms with E-state index in [2.05, 4.69) is 10.6 Å². The highest BCUT2D eigenvalue weighted by molar-refractivity contribution is 5.97. The fourth-order valence-corrected chi connectivity index (χ4v) is 2.11. The van der Waals surface area contributed by atoms with Gasteiger partial charge in [0.1, 0.15) is 5.75 Å². The summed E-state index contributed by atoms with van der Waals surface area (Å²) < 4.78 is 5.83. The molecule has 5 heteroatoms. The second-order valence-electron chi connectivity index (χ2n) is 5.07. The number of carbonyl (C=O) groups is 2. The summed E-state index contributed by atoms with van der Waals surface area (Å²) in [6.07, 6.45) is -0.902. The van der Waals surface area contributed by atoms with Crippen molar-refractivity contribution >= 4 is 11.9 Å². The van der Waals surface area contributed by atoms with Crippen LogP contribution in [0.5, 0.6) is 5.75 Å². The van der Waals surface area contributed by atoms with Gasteiger partial charge in [-0.3, -0.25) is 10.1 Å². The van der Waals surface area contributed by atoms with Crippen molar-refractivity contribution in [1.29, 1.82) is 0 Å². The average Bonchev–Trinajstić information content (AvgIpc) is 2.53. The summed E-state index contributed by atoms with van der Waals surface area (Å²) in [5.74, 6) is 0.0635. The van der Waals surface area contributed by atoms with Crippen LogP contribution in [-0.2, 0) is 4.79 Å². The highest BCUT2D eigenvalue weighted by Gasteiger charge is 2.24. The molecule has 0 spiro atoms. The normalized spacial score (nSPS) is 11.4. The van der Waals surface area contributed by atoms with E-state index in [1.54, 1.807) is 25.1 Å². The number of urea groups is 1. The molecule has 0 aromatic heterocycles. The molecule has 0 fully saturated rings. The lowest BCUT2D eigenvalue weighted by Crippen LogP contribution is -2.42. The zero-order valence-corrected chi connectivity index (χ0v) is 13.2. The van der Waals surface area contributed by atoms with Gasteiger partial charge < -0.3 is 10.1 Å². The van der Waals surface area contributed by atoms with Gasteiger partial charge >= 0.3 is 6.03 Å². The Balaban J connectivity index is 2.22. The highest BCUT2D eigenvalue weighted by atomic mass is 16.5. The van der Waals surface area contributed by atoms with Crippen LogP contribution in [0.15, 0.2) is 54.6 Å². The van der Waals surface area contributed by atoms with Crippen molar-refractivity contribution in [3.8, 4) is 5.75 Å². The number of nitrogens with one attached hydrogen (secondary N) is 2. The standard InChI is InChI=1S/C18H20N2O3/c1-3-19-18(22)20-17(21)16(14-9-5-4-6-10-14)23-15-11-7-8-13(2)12-15/h4-12,16H,3H2,1-2H3,(H2,19,20,21,22)/t16-/m1/s1. The lowest BCUT2D eigenvalue weighted by atomic mass is 10.1. The van der Waals surface area contributed by atoms with Crippen LogP contribution in [0.1, 0.15) is 24.2 Å². The summed E-state index contributed by atoms with van der Waals surface area (Å²) in [7, 11) is 0. The predicted octanol–water partition coefficient (Wildman–Crippen LogP) is 2.96. The molecule has 0 aliphatic rings. The molecule has 2 N–H and O–H groups in total. The van der Waals surface area contributed by atoms with Crippen LogP contribution in [0.2, 0.25) is 0 Å². The van der Waals surface area contributed by atoms with Crippen molar-refractivity contribution in [2.45, 2.75) is 20.0 Å². The Hall–Kier alpha value is -2.82. The minimum Gasteiger partial charge on any atom is -0.476 e. The number of aryl methyl sites for hydroxylation is 1. The van der Waals surface area contributed by atoms with Gasteiger partial charge in [0.05, 0.1) is 0 Å². The van der Waals surface area contributed by atoms with Gasteiger partial charge in [-0.1, -0.05) is 42.5 Å².